The minimum atomic E-state index is 0.860. The molecule has 0 atom stereocenters. The van der Waals surface area contributed by atoms with E-state index < -0.39 is 0 Å². The number of hydrogen-bond acceptors (Lipinski definition) is 2. The standard InChI is InChI=1S/C16H19NS/c1-13-7-9-16(10-8-13)18-11-3-5-14-4-2-6-15(17)12-14/h2,4,6-10,12H,3,5,11,17H2,1H3. The summed E-state index contributed by atoms with van der Waals surface area (Å²) in [5.41, 5.74) is 9.27. The summed E-state index contributed by atoms with van der Waals surface area (Å²) in [6.07, 6.45) is 2.28. The highest BCUT2D eigenvalue weighted by Crippen LogP contribution is 2.20. The van der Waals surface area contributed by atoms with Crippen LogP contribution in [0.1, 0.15) is 17.5 Å². The molecular formula is C16H19NS. The molecule has 1 nitrogen and oxygen atoms in total. The molecule has 0 saturated heterocycles. The summed E-state index contributed by atoms with van der Waals surface area (Å²) in [5.74, 6) is 1.15. The first-order chi connectivity index (χ1) is 8.74. The Morgan fingerprint density at radius 3 is 2.56 bits per heavy atom. The fourth-order valence-corrected chi connectivity index (χ4v) is 2.70. The number of rotatable bonds is 5. The van der Waals surface area contributed by atoms with E-state index in [1.54, 1.807) is 0 Å². The van der Waals surface area contributed by atoms with Gasteiger partial charge in [-0.2, -0.15) is 0 Å². The Kier molecular flexibility index (Phi) is 4.71. The van der Waals surface area contributed by atoms with E-state index in [2.05, 4.69) is 43.3 Å². The molecule has 18 heavy (non-hydrogen) atoms. The summed E-state index contributed by atoms with van der Waals surface area (Å²) in [6.45, 7) is 2.12. The number of hydrogen-bond donors (Lipinski definition) is 1. The monoisotopic (exact) mass is 257 g/mol. The Hall–Kier alpha value is -1.41. The second kappa shape index (κ2) is 6.50. The molecule has 0 aromatic heterocycles. The summed E-state index contributed by atoms with van der Waals surface area (Å²) >= 11 is 1.92. The van der Waals surface area contributed by atoms with Gasteiger partial charge in [0.05, 0.1) is 0 Å². The molecule has 0 unspecified atom stereocenters. The molecule has 0 fully saturated rings. The van der Waals surface area contributed by atoms with Crippen molar-refractivity contribution < 1.29 is 0 Å². The zero-order valence-corrected chi connectivity index (χ0v) is 11.5. The van der Waals surface area contributed by atoms with Crippen LogP contribution in [0.2, 0.25) is 0 Å². The van der Waals surface area contributed by atoms with Gasteiger partial charge in [0, 0.05) is 10.6 Å². The SMILES string of the molecule is Cc1ccc(SCCCc2cccc(N)c2)cc1. The van der Waals surface area contributed by atoms with Crippen LogP contribution in [0.25, 0.3) is 0 Å². The largest absolute Gasteiger partial charge is 0.399 e. The van der Waals surface area contributed by atoms with Crippen LogP contribution in [0.3, 0.4) is 0 Å². The molecule has 0 aliphatic carbocycles. The van der Waals surface area contributed by atoms with Gasteiger partial charge in [0.1, 0.15) is 0 Å². The quantitative estimate of drug-likeness (QED) is 0.491. The minimum Gasteiger partial charge on any atom is -0.399 e. The average Bonchev–Trinajstić information content (AvgIpc) is 2.37. The summed E-state index contributed by atoms with van der Waals surface area (Å²) in [7, 11) is 0. The lowest BCUT2D eigenvalue weighted by Gasteiger charge is -2.04. The summed E-state index contributed by atoms with van der Waals surface area (Å²) < 4.78 is 0. The third kappa shape index (κ3) is 4.11. The van der Waals surface area contributed by atoms with E-state index in [0.29, 0.717) is 0 Å². The van der Waals surface area contributed by atoms with E-state index in [-0.39, 0.29) is 0 Å². The van der Waals surface area contributed by atoms with E-state index in [9.17, 15) is 0 Å². The van der Waals surface area contributed by atoms with Gasteiger partial charge in [-0.3, -0.25) is 0 Å². The van der Waals surface area contributed by atoms with Crippen LogP contribution in [-0.4, -0.2) is 5.75 Å². The lowest BCUT2D eigenvalue weighted by Crippen LogP contribution is -1.90. The molecule has 0 heterocycles. The van der Waals surface area contributed by atoms with Gasteiger partial charge in [-0.25, -0.2) is 0 Å². The summed E-state index contributed by atoms with van der Waals surface area (Å²) in [6, 6.07) is 16.9. The highest BCUT2D eigenvalue weighted by molar-refractivity contribution is 7.99. The van der Waals surface area contributed by atoms with Crippen LogP contribution in [-0.2, 0) is 6.42 Å². The minimum absolute atomic E-state index is 0.860. The predicted octanol–water partition coefficient (Wildman–Crippen LogP) is 4.30. The van der Waals surface area contributed by atoms with Crippen LogP contribution in [0.4, 0.5) is 5.69 Å². The van der Waals surface area contributed by atoms with Crippen molar-refractivity contribution in [2.24, 2.45) is 0 Å². The molecule has 94 valence electrons. The van der Waals surface area contributed by atoms with Gasteiger partial charge >= 0.3 is 0 Å². The maximum atomic E-state index is 5.76. The van der Waals surface area contributed by atoms with Gasteiger partial charge in [0.25, 0.3) is 0 Å². The van der Waals surface area contributed by atoms with Crippen molar-refractivity contribution in [1.82, 2.24) is 0 Å². The van der Waals surface area contributed by atoms with E-state index in [0.717, 1.165) is 17.9 Å². The van der Waals surface area contributed by atoms with Gasteiger partial charge in [-0.05, 0) is 55.3 Å². The fourth-order valence-electron chi connectivity index (χ4n) is 1.85. The maximum absolute atomic E-state index is 5.76. The molecule has 0 aliphatic rings. The number of nitrogen functional groups attached to an aromatic ring is 1. The molecule has 2 N–H and O–H groups in total. The Labute approximate surface area is 113 Å². The van der Waals surface area contributed by atoms with E-state index in [1.807, 2.05) is 23.9 Å². The number of aryl methyl sites for hydroxylation is 2. The Morgan fingerprint density at radius 2 is 1.83 bits per heavy atom. The average molecular weight is 257 g/mol. The third-order valence-corrected chi connectivity index (χ3v) is 3.95. The summed E-state index contributed by atoms with van der Waals surface area (Å²) in [4.78, 5) is 1.35. The normalized spacial score (nSPS) is 10.5. The second-order valence-electron chi connectivity index (χ2n) is 4.51. The molecular weight excluding hydrogens is 238 g/mol. The van der Waals surface area contributed by atoms with Crippen LogP contribution in [0.5, 0.6) is 0 Å². The first-order valence-electron chi connectivity index (χ1n) is 6.28. The molecule has 0 radical (unpaired) electrons. The topological polar surface area (TPSA) is 26.0 Å². The number of nitrogens with two attached hydrogens (primary N) is 1. The van der Waals surface area contributed by atoms with Gasteiger partial charge in [0.15, 0.2) is 0 Å². The zero-order chi connectivity index (χ0) is 12.8. The highest BCUT2D eigenvalue weighted by atomic mass is 32.2. The van der Waals surface area contributed by atoms with Crippen LogP contribution in [0.15, 0.2) is 53.4 Å². The third-order valence-electron chi connectivity index (χ3n) is 2.85. The molecule has 0 bridgehead atoms. The van der Waals surface area contributed by atoms with Crippen LogP contribution in [0, 0.1) is 6.92 Å². The Morgan fingerprint density at radius 1 is 1.06 bits per heavy atom. The Balaban J connectivity index is 1.74. The molecule has 0 saturated carbocycles. The first-order valence-corrected chi connectivity index (χ1v) is 7.26. The van der Waals surface area contributed by atoms with E-state index >= 15 is 0 Å². The maximum Gasteiger partial charge on any atom is 0.0316 e. The van der Waals surface area contributed by atoms with Crippen LogP contribution >= 0.6 is 11.8 Å². The smallest absolute Gasteiger partial charge is 0.0316 e. The molecule has 2 heteroatoms. The first kappa shape index (κ1) is 13.0. The van der Waals surface area contributed by atoms with Gasteiger partial charge in [-0.1, -0.05) is 29.8 Å². The molecule has 0 aliphatic heterocycles. The summed E-state index contributed by atoms with van der Waals surface area (Å²) in [5, 5.41) is 0. The lowest BCUT2D eigenvalue weighted by molar-refractivity contribution is 0.933. The van der Waals surface area contributed by atoms with E-state index in [4.69, 9.17) is 5.73 Å². The zero-order valence-electron chi connectivity index (χ0n) is 10.7. The number of benzene rings is 2. The van der Waals surface area contributed by atoms with Crippen molar-refractivity contribution in [2.75, 3.05) is 11.5 Å². The van der Waals surface area contributed by atoms with Crippen LogP contribution < -0.4 is 5.73 Å². The van der Waals surface area contributed by atoms with Crippen molar-refractivity contribution in [3.63, 3.8) is 0 Å². The molecule has 2 aromatic rings. The van der Waals surface area contributed by atoms with Gasteiger partial charge < -0.3 is 5.73 Å². The van der Waals surface area contributed by atoms with Gasteiger partial charge in [0.2, 0.25) is 0 Å². The van der Waals surface area contributed by atoms with Crippen molar-refractivity contribution >= 4 is 17.4 Å². The van der Waals surface area contributed by atoms with Crippen molar-refractivity contribution in [3.8, 4) is 0 Å². The molecule has 0 spiro atoms. The Bertz CT molecular complexity index is 491. The number of anilines is 1. The predicted molar refractivity (Wildman–Crippen MR) is 81.1 cm³/mol. The van der Waals surface area contributed by atoms with Gasteiger partial charge in [-0.15, -0.1) is 11.8 Å². The van der Waals surface area contributed by atoms with E-state index in [1.165, 1.54) is 22.4 Å². The van der Waals surface area contributed by atoms with Crippen molar-refractivity contribution in [1.29, 1.82) is 0 Å². The molecule has 2 rings (SSSR count). The second-order valence-corrected chi connectivity index (χ2v) is 5.68. The number of thioether (sulfide) groups is 1. The molecule has 2 aromatic carbocycles. The fraction of sp³-hybridized carbons (Fsp3) is 0.250. The lowest BCUT2D eigenvalue weighted by atomic mass is 10.1. The van der Waals surface area contributed by atoms with Crippen molar-refractivity contribution in [2.45, 2.75) is 24.7 Å². The van der Waals surface area contributed by atoms with Crippen molar-refractivity contribution in [3.05, 3.63) is 59.7 Å². The molecule has 0 amide bonds. The highest BCUT2D eigenvalue weighted by Gasteiger charge is 1.96.